The fraction of sp³-hybridized carbons (Fsp3) is 0.286. The van der Waals surface area contributed by atoms with Crippen molar-refractivity contribution in [2.75, 3.05) is 0 Å². The number of benzene rings is 1. The van der Waals surface area contributed by atoms with E-state index in [-0.39, 0.29) is 17.9 Å². The summed E-state index contributed by atoms with van der Waals surface area (Å²) in [4.78, 5) is 23.7. The second-order valence-corrected chi connectivity index (χ2v) is 5.16. The third-order valence-electron chi connectivity index (χ3n) is 2.77. The lowest BCUT2D eigenvalue weighted by atomic mass is 10.1. The number of nitrogens with one attached hydrogen (secondary N) is 1. The summed E-state index contributed by atoms with van der Waals surface area (Å²) >= 11 is 5.96. The van der Waals surface area contributed by atoms with Gasteiger partial charge in [0.05, 0.1) is 11.1 Å². The molecular weight excluding hydrogens is 264 g/mol. The summed E-state index contributed by atoms with van der Waals surface area (Å²) < 4.78 is 1.46. The molecule has 0 aliphatic heterocycles. The predicted octanol–water partition coefficient (Wildman–Crippen LogP) is 3.09. The molecule has 1 N–H and O–H groups in total. The van der Waals surface area contributed by atoms with E-state index in [0.717, 1.165) is 0 Å². The monoisotopic (exact) mass is 278 g/mol. The molecule has 4 nitrogen and oxygen atoms in total. The van der Waals surface area contributed by atoms with E-state index >= 15 is 0 Å². The predicted molar refractivity (Wildman–Crippen MR) is 75.9 cm³/mol. The highest BCUT2D eigenvalue weighted by Gasteiger charge is 2.17. The van der Waals surface area contributed by atoms with Crippen LogP contribution < -0.4 is 5.32 Å². The molecule has 0 bridgehead atoms. The molecule has 2 rings (SSSR count). The number of nitrogens with zero attached hydrogens (tertiary/aromatic N) is 1. The minimum Gasteiger partial charge on any atom is -0.350 e. The summed E-state index contributed by atoms with van der Waals surface area (Å²) in [7, 11) is 0. The van der Waals surface area contributed by atoms with Gasteiger partial charge in [-0.3, -0.25) is 14.2 Å². The SMILES string of the molecule is CC(=O)n1cc(C(=O)NC(C)C)c2cc(Cl)ccc21. The average molecular weight is 279 g/mol. The zero-order chi connectivity index (χ0) is 14.2. The number of aromatic nitrogens is 1. The Labute approximate surface area is 116 Å². The van der Waals surface area contributed by atoms with Crippen LogP contribution in [0.2, 0.25) is 5.02 Å². The number of carbonyl (C=O) groups is 2. The lowest BCUT2D eigenvalue weighted by Gasteiger charge is -2.06. The molecule has 1 amide bonds. The van der Waals surface area contributed by atoms with Crippen molar-refractivity contribution >= 4 is 34.3 Å². The minimum absolute atomic E-state index is 0.0300. The van der Waals surface area contributed by atoms with Crippen LogP contribution in [0.15, 0.2) is 24.4 Å². The first-order valence-electron chi connectivity index (χ1n) is 6.02. The van der Waals surface area contributed by atoms with Crippen LogP contribution in [0.4, 0.5) is 0 Å². The third-order valence-corrected chi connectivity index (χ3v) is 3.01. The number of halogens is 1. The van der Waals surface area contributed by atoms with Gasteiger partial charge in [-0.2, -0.15) is 0 Å². The Bertz CT molecular complexity index is 659. The van der Waals surface area contributed by atoms with Crippen molar-refractivity contribution in [1.82, 2.24) is 9.88 Å². The Morgan fingerprint density at radius 3 is 2.58 bits per heavy atom. The van der Waals surface area contributed by atoms with E-state index in [1.807, 2.05) is 13.8 Å². The molecule has 2 aromatic rings. The molecule has 0 saturated carbocycles. The van der Waals surface area contributed by atoms with E-state index in [4.69, 9.17) is 11.6 Å². The Hall–Kier alpha value is -1.81. The average Bonchev–Trinajstić information content (AvgIpc) is 2.66. The quantitative estimate of drug-likeness (QED) is 0.918. The number of hydrogen-bond donors (Lipinski definition) is 1. The number of fused-ring (bicyclic) bond motifs is 1. The summed E-state index contributed by atoms with van der Waals surface area (Å²) in [5, 5.41) is 4.03. The first kappa shape index (κ1) is 13.6. The number of amides is 1. The van der Waals surface area contributed by atoms with Crippen molar-refractivity contribution in [1.29, 1.82) is 0 Å². The maximum Gasteiger partial charge on any atom is 0.253 e. The Kier molecular flexibility index (Phi) is 3.62. The van der Waals surface area contributed by atoms with Gasteiger partial charge in [0, 0.05) is 29.6 Å². The van der Waals surface area contributed by atoms with E-state index in [9.17, 15) is 9.59 Å². The fourth-order valence-electron chi connectivity index (χ4n) is 1.98. The molecule has 1 aromatic heterocycles. The summed E-state index contributed by atoms with van der Waals surface area (Å²) in [6, 6.07) is 5.17. The van der Waals surface area contributed by atoms with Gasteiger partial charge in [0.15, 0.2) is 0 Å². The summed E-state index contributed by atoms with van der Waals surface area (Å²) in [6.45, 7) is 5.22. The van der Waals surface area contributed by atoms with E-state index in [0.29, 0.717) is 21.5 Å². The second kappa shape index (κ2) is 5.05. The third kappa shape index (κ3) is 2.63. The van der Waals surface area contributed by atoms with Crippen molar-refractivity contribution in [3.05, 3.63) is 35.0 Å². The highest BCUT2D eigenvalue weighted by atomic mass is 35.5. The van der Waals surface area contributed by atoms with Crippen LogP contribution in [0.1, 0.15) is 35.9 Å². The maximum atomic E-state index is 12.1. The van der Waals surface area contributed by atoms with E-state index in [1.165, 1.54) is 11.5 Å². The van der Waals surface area contributed by atoms with Crippen LogP contribution in [0.25, 0.3) is 10.9 Å². The Morgan fingerprint density at radius 2 is 2.00 bits per heavy atom. The molecule has 0 aliphatic carbocycles. The molecule has 1 aromatic carbocycles. The lowest BCUT2D eigenvalue weighted by molar-refractivity contribution is 0.0941. The van der Waals surface area contributed by atoms with Crippen LogP contribution in [-0.2, 0) is 0 Å². The number of carbonyl (C=O) groups excluding carboxylic acids is 2. The molecule has 0 unspecified atom stereocenters. The smallest absolute Gasteiger partial charge is 0.253 e. The van der Waals surface area contributed by atoms with Gasteiger partial charge < -0.3 is 5.32 Å². The van der Waals surface area contributed by atoms with Gasteiger partial charge in [0.1, 0.15) is 0 Å². The molecule has 0 fully saturated rings. The van der Waals surface area contributed by atoms with Gasteiger partial charge in [-0.1, -0.05) is 11.6 Å². The Morgan fingerprint density at radius 1 is 1.32 bits per heavy atom. The maximum absolute atomic E-state index is 12.1. The highest BCUT2D eigenvalue weighted by Crippen LogP contribution is 2.25. The largest absolute Gasteiger partial charge is 0.350 e. The first-order valence-corrected chi connectivity index (χ1v) is 6.40. The van der Waals surface area contributed by atoms with Crippen LogP contribution in [0.3, 0.4) is 0 Å². The molecule has 100 valence electrons. The molecule has 0 aliphatic rings. The van der Waals surface area contributed by atoms with Gasteiger partial charge in [0.2, 0.25) is 5.91 Å². The van der Waals surface area contributed by atoms with Gasteiger partial charge in [-0.05, 0) is 32.0 Å². The van der Waals surface area contributed by atoms with E-state index in [1.54, 1.807) is 24.4 Å². The topological polar surface area (TPSA) is 51.1 Å². The Balaban J connectivity index is 2.63. The van der Waals surface area contributed by atoms with Crippen molar-refractivity contribution in [3.8, 4) is 0 Å². The molecular formula is C14H15ClN2O2. The van der Waals surface area contributed by atoms with Crippen LogP contribution in [-0.4, -0.2) is 22.4 Å². The van der Waals surface area contributed by atoms with Gasteiger partial charge in [-0.15, -0.1) is 0 Å². The summed E-state index contributed by atoms with van der Waals surface area (Å²) in [5.41, 5.74) is 1.15. The molecule has 0 spiro atoms. The summed E-state index contributed by atoms with van der Waals surface area (Å²) in [6.07, 6.45) is 1.56. The van der Waals surface area contributed by atoms with E-state index in [2.05, 4.69) is 5.32 Å². The van der Waals surface area contributed by atoms with E-state index < -0.39 is 0 Å². The van der Waals surface area contributed by atoms with Crippen molar-refractivity contribution < 1.29 is 9.59 Å². The summed E-state index contributed by atoms with van der Waals surface area (Å²) in [5.74, 6) is -0.349. The number of rotatable bonds is 2. The van der Waals surface area contributed by atoms with Gasteiger partial charge in [-0.25, -0.2) is 0 Å². The van der Waals surface area contributed by atoms with Crippen molar-refractivity contribution in [2.45, 2.75) is 26.8 Å². The van der Waals surface area contributed by atoms with Gasteiger partial charge in [0.25, 0.3) is 5.91 Å². The zero-order valence-corrected chi connectivity index (χ0v) is 11.8. The minimum atomic E-state index is -0.206. The fourth-order valence-corrected chi connectivity index (χ4v) is 2.16. The molecule has 1 heterocycles. The first-order chi connectivity index (χ1) is 8.90. The molecule has 0 radical (unpaired) electrons. The molecule has 0 saturated heterocycles. The van der Waals surface area contributed by atoms with Crippen LogP contribution in [0, 0.1) is 0 Å². The number of hydrogen-bond acceptors (Lipinski definition) is 2. The lowest BCUT2D eigenvalue weighted by Crippen LogP contribution is -2.29. The van der Waals surface area contributed by atoms with Gasteiger partial charge >= 0.3 is 0 Å². The standard InChI is InChI=1S/C14H15ClN2O2/c1-8(2)16-14(19)12-7-17(9(3)18)13-5-4-10(15)6-11(12)13/h4-8H,1-3H3,(H,16,19). The van der Waals surface area contributed by atoms with Crippen LogP contribution in [0.5, 0.6) is 0 Å². The second-order valence-electron chi connectivity index (χ2n) is 4.72. The zero-order valence-electron chi connectivity index (χ0n) is 11.0. The molecule has 5 heteroatoms. The normalized spacial score (nSPS) is 11.0. The molecule has 0 atom stereocenters. The highest BCUT2D eigenvalue weighted by molar-refractivity contribution is 6.31. The van der Waals surface area contributed by atoms with Crippen LogP contribution >= 0.6 is 11.6 Å². The van der Waals surface area contributed by atoms with Crippen molar-refractivity contribution in [2.24, 2.45) is 0 Å². The van der Waals surface area contributed by atoms with Crippen molar-refractivity contribution in [3.63, 3.8) is 0 Å². The molecule has 19 heavy (non-hydrogen) atoms.